The van der Waals surface area contributed by atoms with Crippen LogP contribution in [0.25, 0.3) is 0 Å². The summed E-state index contributed by atoms with van der Waals surface area (Å²) in [5.41, 5.74) is 1.33. The van der Waals surface area contributed by atoms with Gasteiger partial charge in [0.05, 0.1) is 11.3 Å². The first-order valence-electron chi connectivity index (χ1n) is 6.78. The van der Waals surface area contributed by atoms with Crippen LogP contribution < -0.4 is 0 Å². The van der Waals surface area contributed by atoms with Gasteiger partial charge < -0.3 is 4.90 Å². The molecule has 0 heterocycles. The first-order valence-corrected chi connectivity index (χ1v) is 7.53. The van der Waals surface area contributed by atoms with Gasteiger partial charge in [0.2, 0.25) is 5.91 Å². The van der Waals surface area contributed by atoms with Crippen LogP contribution in [0.1, 0.15) is 11.1 Å². The van der Waals surface area contributed by atoms with Gasteiger partial charge in [0, 0.05) is 35.8 Å². The van der Waals surface area contributed by atoms with Crippen LogP contribution in [0.5, 0.6) is 0 Å². The average Bonchev–Trinajstić information content (AvgIpc) is 2.51. The average molecular weight is 353 g/mol. The molecular weight excluding hydrogens is 339 g/mol. The van der Waals surface area contributed by atoms with Crippen molar-refractivity contribution < 1.29 is 9.72 Å². The summed E-state index contributed by atoms with van der Waals surface area (Å²) in [5.74, 6) is -0.116. The fraction of sp³-hybridized carbons (Fsp3) is 0.188. The second kappa shape index (κ2) is 7.44. The van der Waals surface area contributed by atoms with E-state index in [9.17, 15) is 14.9 Å². The van der Waals surface area contributed by atoms with E-state index in [1.807, 2.05) is 0 Å². The molecule has 0 spiro atoms. The molecule has 7 heteroatoms. The van der Waals surface area contributed by atoms with Gasteiger partial charge in [-0.1, -0.05) is 35.3 Å². The summed E-state index contributed by atoms with van der Waals surface area (Å²) in [4.78, 5) is 24.1. The number of carbonyl (C=O) groups excluding carboxylic acids is 1. The van der Waals surface area contributed by atoms with Gasteiger partial charge in [0.15, 0.2) is 0 Å². The Kier molecular flexibility index (Phi) is 5.58. The third-order valence-corrected chi connectivity index (χ3v) is 3.96. The van der Waals surface area contributed by atoms with Crippen molar-refractivity contribution in [2.24, 2.45) is 0 Å². The molecule has 0 saturated carbocycles. The standard InChI is InChI=1S/C16H14Cl2N2O3/c1-19(16(21)8-11-2-4-13(17)5-3-11)10-12-9-14(20(22)23)6-7-15(12)18/h2-7,9H,8,10H2,1H3. The molecule has 0 aliphatic heterocycles. The van der Waals surface area contributed by atoms with E-state index >= 15 is 0 Å². The number of nitro groups is 1. The minimum Gasteiger partial charge on any atom is -0.341 e. The highest BCUT2D eigenvalue weighted by molar-refractivity contribution is 6.31. The third kappa shape index (κ3) is 4.68. The Morgan fingerprint density at radius 1 is 1.17 bits per heavy atom. The van der Waals surface area contributed by atoms with Crippen molar-refractivity contribution in [3.63, 3.8) is 0 Å². The highest BCUT2D eigenvalue weighted by atomic mass is 35.5. The predicted octanol–water partition coefficient (Wildman–Crippen LogP) is 4.10. The van der Waals surface area contributed by atoms with Gasteiger partial charge in [0.1, 0.15) is 0 Å². The van der Waals surface area contributed by atoms with Crippen molar-refractivity contribution in [1.82, 2.24) is 4.90 Å². The fourth-order valence-electron chi connectivity index (χ4n) is 2.05. The molecule has 0 bridgehead atoms. The number of benzene rings is 2. The SMILES string of the molecule is CN(Cc1cc([N+](=O)[O-])ccc1Cl)C(=O)Cc1ccc(Cl)cc1. The van der Waals surface area contributed by atoms with Crippen molar-refractivity contribution in [3.8, 4) is 0 Å². The lowest BCUT2D eigenvalue weighted by molar-refractivity contribution is -0.384. The van der Waals surface area contributed by atoms with Crippen LogP contribution in [0.2, 0.25) is 10.0 Å². The van der Waals surface area contributed by atoms with E-state index in [1.54, 1.807) is 31.3 Å². The van der Waals surface area contributed by atoms with E-state index < -0.39 is 4.92 Å². The van der Waals surface area contributed by atoms with Crippen LogP contribution in [0, 0.1) is 10.1 Å². The number of nitro benzene ring substituents is 1. The van der Waals surface area contributed by atoms with Crippen LogP contribution in [-0.4, -0.2) is 22.8 Å². The van der Waals surface area contributed by atoms with Gasteiger partial charge in [-0.05, 0) is 29.3 Å². The molecule has 120 valence electrons. The molecule has 0 atom stereocenters. The van der Waals surface area contributed by atoms with E-state index in [-0.39, 0.29) is 24.6 Å². The molecule has 2 aromatic carbocycles. The first kappa shape index (κ1) is 17.2. The number of likely N-dealkylation sites (N-methyl/N-ethyl adjacent to an activating group) is 1. The van der Waals surface area contributed by atoms with Crippen LogP contribution in [0.15, 0.2) is 42.5 Å². The smallest absolute Gasteiger partial charge is 0.269 e. The maximum absolute atomic E-state index is 12.2. The maximum Gasteiger partial charge on any atom is 0.269 e. The second-order valence-corrected chi connectivity index (χ2v) is 5.93. The van der Waals surface area contributed by atoms with E-state index in [0.29, 0.717) is 15.6 Å². The zero-order chi connectivity index (χ0) is 17.0. The Balaban J connectivity index is 2.07. The number of nitrogens with zero attached hydrogens (tertiary/aromatic N) is 2. The summed E-state index contributed by atoms with van der Waals surface area (Å²) in [6, 6.07) is 11.2. The number of amides is 1. The van der Waals surface area contributed by atoms with Gasteiger partial charge in [-0.2, -0.15) is 0 Å². The Morgan fingerprint density at radius 3 is 2.43 bits per heavy atom. The highest BCUT2D eigenvalue weighted by Gasteiger charge is 2.15. The molecule has 0 aromatic heterocycles. The van der Waals surface area contributed by atoms with Crippen LogP contribution >= 0.6 is 23.2 Å². The number of hydrogen-bond acceptors (Lipinski definition) is 3. The topological polar surface area (TPSA) is 63.4 Å². The summed E-state index contributed by atoms with van der Waals surface area (Å²) in [7, 11) is 1.63. The predicted molar refractivity (Wildman–Crippen MR) is 89.7 cm³/mol. The molecular formula is C16H14Cl2N2O3. The first-order chi connectivity index (χ1) is 10.9. The molecule has 0 aliphatic rings. The molecule has 2 aromatic rings. The van der Waals surface area contributed by atoms with Crippen molar-refractivity contribution in [2.75, 3.05) is 7.05 Å². The summed E-state index contributed by atoms with van der Waals surface area (Å²) in [6.45, 7) is 0.201. The monoisotopic (exact) mass is 352 g/mol. The van der Waals surface area contributed by atoms with Crippen molar-refractivity contribution in [1.29, 1.82) is 0 Å². The highest BCUT2D eigenvalue weighted by Crippen LogP contribution is 2.23. The van der Waals surface area contributed by atoms with E-state index in [0.717, 1.165) is 5.56 Å². The van der Waals surface area contributed by atoms with Crippen LogP contribution in [0.3, 0.4) is 0 Å². The van der Waals surface area contributed by atoms with Crippen molar-refractivity contribution in [2.45, 2.75) is 13.0 Å². The molecule has 23 heavy (non-hydrogen) atoms. The van der Waals surface area contributed by atoms with Gasteiger partial charge in [-0.15, -0.1) is 0 Å². The van der Waals surface area contributed by atoms with Gasteiger partial charge in [-0.3, -0.25) is 14.9 Å². The lowest BCUT2D eigenvalue weighted by Crippen LogP contribution is -2.27. The summed E-state index contributed by atoms with van der Waals surface area (Å²) in [6.07, 6.45) is 0.222. The van der Waals surface area contributed by atoms with Crippen molar-refractivity contribution >= 4 is 34.8 Å². The number of hydrogen-bond donors (Lipinski definition) is 0. The third-order valence-electron chi connectivity index (χ3n) is 3.34. The van der Waals surface area contributed by atoms with Gasteiger partial charge in [-0.25, -0.2) is 0 Å². The molecule has 1 amide bonds. The lowest BCUT2D eigenvalue weighted by atomic mass is 10.1. The molecule has 0 unspecified atom stereocenters. The molecule has 2 rings (SSSR count). The Hall–Kier alpha value is -2.11. The van der Waals surface area contributed by atoms with Crippen LogP contribution in [-0.2, 0) is 17.8 Å². The summed E-state index contributed by atoms with van der Waals surface area (Å²) >= 11 is 11.9. The Morgan fingerprint density at radius 2 is 1.83 bits per heavy atom. The minimum absolute atomic E-state index is 0.0528. The molecule has 0 saturated heterocycles. The zero-order valence-corrected chi connectivity index (χ0v) is 13.8. The van der Waals surface area contributed by atoms with E-state index in [4.69, 9.17) is 23.2 Å². The van der Waals surface area contributed by atoms with Crippen LogP contribution in [0.4, 0.5) is 5.69 Å². The van der Waals surface area contributed by atoms with Gasteiger partial charge in [0.25, 0.3) is 5.69 Å². The summed E-state index contributed by atoms with van der Waals surface area (Å²) < 4.78 is 0. The minimum atomic E-state index is -0.491. The largest absolute Gasteiger partial charge is 0.341 e. The zero-order valence-electron chi connectivity index (χ0n) is 12.3. The molecule has 0 radical (unpaired) electrons. The molecule has 0 aliphatic carbocycles. The molecule has 0 N–H and O–H groups in total. The molecule has 0 fully saturated rings. The lowest BCUT2D eigenvalue weighted by Gasteiger charge is -2.18. The van der Waals surface area contributed by atoms with Crippen molar-refractivity contribution in [3.05, 3.63) is 73.8 Å². The quantitative estimate of drug-likeness (QED) is 0.600. The second-order valence-electron chi connectivity index (χ2n) is 5.09. The Labute approximate surface area is 143 Å². The van der Waals surface area contributed by atoms with Gasteiger partial charge >= 0.3 is 0 Å². The maximum atomic E-state index is 12.2. The Bertz CT molecular complexity index is 733. The number of carbonyl (C=O) groups is 1. The van der Waals surface area contributed by atoms with E-state index in [1.165, 1.54) is 23.1 Å². The number of non-ortho nitro benzene ring substituents is 1. The number of rotatable bonds is 5. The fourth-order valence-corrected chi connectivity index (χ4v) is 2.35. The van der Waals surface area contributed by atoms with E-state index in [2.05, 4.69) is 0 Å². The molecule has 5 nitrogen and oxygen atoms in total. The normalized spacial score (nSPS) is 10.4. The number of halogens is 2. The summed E-state index contributed by atoms with van der Waals surface area (Å²) in [5, 5.41) is 11.8.